The molecule has 3 N–H and O–H groups in total. The summed E-state index contributed by atoms with van der Waals surface area (Å²) in [7, 11) is 0. The molecule has 2 heterocycles. The summed E-state index contributed by atoms with van der Waals surface area (Å²) in [6, 6.07) is 3.22. The Bertz CT molecular complexity index is 419. The highest BCUT2D eigenvalue weighted by Crippen LogP contribution is 2.08. The van der Waals surface area contributed by atoms with Crippen LogP contribution in [-0.2, 0) is 4.79 Å². The molecular formula is C12H18ClN3O2S. The van der Waals surface area contributed by atoms with Gasteiger partial charge in [-0.15, -0.1) is 23.7 Å². The van der Waals surface area contributed by atoms with E-state index < -0.39 is 6.04 Å². The Hall–Kier alpha value is -1.11. The van der Waals surface area contributed by atoms with Crippen LogP contribution in [0.3, 0.4) is 0 Å². The molecule has 0 spiro atoms. The van der Waals surface area contributed by atoms with Gasteiger partial charge < -0.3 is 16.0 Å². The first-order valence-corrected chi connectivity index (χ1v) is 6.90. The molecule has 1 aromatic rings. The number of amides is 2. The number of hydrogen-bond donors (Lipinski definition) is 3. The van der Waals surface area contributed by atoms with Crippen molar-refractivity contribution in [3.63, 3.8) is 0 Å². The van der Waals surface area contributed by atoms with Crippen LogP contribution in [0.15, 0.2) is 17.5 Å². The lowest BCUT2D eigenvalue weighted by Crippen LogP contribution is -2.48. The first-order valence-electron chi connectivity index (χ1n) is 6.02. The second-order valence-corrected chi connectivity index (χ2v) is 5.32. The van der Waals surface area contributed by atoms with Gasteiger partial charge in [0.15, 0.2) is 0 Å². The molecule has 0 saturated carbocycles. The Morgan fingerprint density at radius 2 is 2.32 bits per heavy atom. The van der Waals surface area contributed by atoms with Gasteiger partial charge in [0, 0.05) is 12.6 Å². The van der Waals surface area contributed by atoms with E-state index in [1.54, 1.807) is 13.0 Å². The number of halogens is 1. The lowest BCUT2D eigenvalue weighted by atomic mass is 10.2. The van der Waals surface area contributed by atoms with E-state index in [9.17, 15) is 9.59 Å². The summed E-state index contributed by atoms with van der Waals surface area (Å²) in [6.45, 7) is 3.43. The van der Waals surface area contributed by atoms with Crippen LogP contribution >= 0.6 is 23.7 Å². The number of rotatable bonds is 4. The highest BCUT2D eigenvalue weighted by molar-refractivity contribution is 7.12. The van der Waals surface area contributed by atoms with Crippen LogP contribution in [0.25, 0.3) is 0 Å². The molecule has 5 nitrogen and oxygen atoms in total. The van der Waals surface area contributed by atoms with Gasteiger partial charge in [-0.2, -0.15) is 0 Å². The van der Waals surface area contributed by atoms with Gasteiger partial charge in [-0.3, -0.25) is 9.59 Å². The summed E-state index contributed by atoms with van der Waals surface area (Å²) in [5.74, 6) is -0.328. The molecule has 7 heteroatoms. The van der Waals surface area contributed by atoms with Gasteiger partial charge in [0.2, 0.25) is 5.91 Å². The van der Waals surface area contributed by atoms with Crippen molar-refractivity contribution in [3.8, 4) is 0 Å². The minimum atomic E-state index is -0.514. The third kappa shape index (κ3) is 4.49. The van der Waals surface area contributed by atoms with Crippen molar-refractivity contribution in [2.45, 2.75) is 25.4 Å². The van der Waals surface area contributed by atoms with Crippen molar-refractivity contribution in [1.82, 2.24) is 16.0 Å². The third-order valence-corrected chi connectivity index (χ3v) is 3.76. The second kappa shape index (κ2) is 7.47. The van der Waals surface area contributed by atoms with Crippen molar-refractivity contribution in [1.29, 1.82) is 0 Å². The van der Waals surface area contributed by atoms with Gasteiger partial charge in [0.25, 0.3) is 5.91 Å². The number of carbonyl (C=O) groups excluding carboxylic acids is 2. The number of nitrogens with one attached hydrogen (secondary N) is 3. The van der Waals surface area contributed by atoms with Crippen LogP contribution in [0, 0.1) is 0 Å². The van der Waals surface area contributed by atoms with E-state index >= 15 is 0 Å². The largest absolute Gasteiger partial charge is 0.350 e. The van der Waals surface area contributed by atoms with Gasteiger partial charge >= 0.3 is 0 Å². The van der Waals surface area contributed by atoms with Crippen molar-refractivity contribution in [2.75, 3.05) is 13.1 Å². The Morgan fingerprint density at radius 1 is 1.53 bits per heavy atom. The van der Waals surface area contributed by atoms with Crippen LogP contribution in [0.1, 0.15) is 23.0 Å². The summed E-state index contributed by atoms with van der Waals surface area (Å²) in [5.41, 5.74) is 0. The fraction of sp³-hybridized carbons (Fsp3) is 0.500. The van der Waals surface area contributed by atoms with Crippen LogP contribution in [0.4, 0.5) is 0 Å². The molecule has 0 aliphatic carbocycles. The minimum Gasteiger partial charge on any atom is -0.350 e. The zero-order valence-electron chi connectivity index (χ0n) is 10.6. The smallest absolute Gasteiger partial charge is 0.261 e. The maximum atomic E-state index is 11.9. The van der Waals surface area contributed by atoms with E-state index in [2.05, 4.69) is 16.0 Å². The quantitative estimate of drug-likeness (QED) is 0.769. The summed E-state index contributed by atoms with van der Waals surface area (Å²) < 4.78 is 0. The van der Waals surface area contributed by atoms with Crippen molar-refractivity contribution < 1.29 is 9.59 Å². The molecule has 2 amide bonds. The minimum absolute atomic E-state index is 0. The Morgan fingerprint density at radius 3 is 2.89 bits per heavy atom. The maximum absolute atomic E-state index is 11.9. The summed E-state index contributed by atoms with van der Waals surface area (Å²) in [6.07, 6.45) is 0.942. The van der Waals surface area contributed by atoms with Gasteiger partial charge in [-0.25, -0.2) is 0 Å². The first kappa shape index (κ1) is 15.9. The van der Waals surface area contributed by atoms with Gasteiger partial charge in [-0.05, 0) is 31.3 Å². The lowest BCUT2D eigenvalue weighted by Gasteiger charge is -2.17. The molecule has 1 aromatic heterocycles. The lowest BCUT2D eigenvalue weighted by molar-refractivity contribution is -0.123. The van der Waals surface area contributed by atoms with E-state index in [0.717, 1.165) is 19.5 Å². The van der Waals surface area contributed by atoms with Crippen molar-refractivity contribution in [3.05, 3.63) is 22.4 Å². The van der Waals surface area contributed by atoms with Crippen LogP contribution in [0.5, 0.6) is 0 Å². The average Bonchev–Trinajstić information content (AvgIpc) is 3.01. The highest BCUT2D eigenvalue weighted by atomic mass is 35.5. The highest BCUT2D eigenvalue weighted by Gasteiger charge is 2.21. The molecule has 0 bridgehead atoms. The van der Waals surface area contributed by atoms with E-state index in [-0.39, 0.29) is 30.3 Å². The fourth-order valence-electron chi connectivity index (χ4n) is 1.85. The average molecular weight is 304 g/mol. The molecule has 106 valence electrons. The number of carbonyl (C=O) groups is 2. The molecule has 0 radical (unpaired) electrons. The van der Waals surface area contributed by atoms with E-state index in [1.165, 1.54) is 11.3 Å². The SMILES string of the molecule is CC(NC(=O)c1cccs1)C(=O)NC1CCNC1.Cl. The monoisotopic (exact) mass is 303 g/mol. The fourth-order valence-corrected chi connectivity index (χ4v) is 2.47. The second-order valence-electron chi connectivity index (χ2n) is 4.37. The standard InChI is InChI=1S/C12H17N3O2S.ClH/c1-8(11(16)15-9-4-5-13-7-9)14-12(17)10-3-2-6-18-10;/h2-3,6,8-9,13H,4-5,7H2,1H3,(H,14,17)(H,15,16);1H. The van der Waals surface area contributed by atoms with Gasteiger partial charge in [0.1, 0.15) is 6.04 Å². The molecular weight excluding hydrogens is 286 g/mol. The molecule has 2 rings (SSSR count). The predicted octanol–water partition coefficient (Wildman–Crippen LogP) is 0.766. The van der Waals surface area contributed by atoms with E-state index in [1.807, 2.05) is 11.4 Å². The Balaban J connectivity index is 0.00000180. The summed E-state index contributed by atoms with van der Waals surface area (Å²) in [5, 5.41) is 10.6. The zero-order chi connectivity index (χ0) is 13.0. The van der Waals surface area contributed by atoms with Gasteiger partial charge in [-0.1, -0.05) is 6.07 Å². The third-order valence-electron chi connectivity index (χ3n) is 2.89. The van der Waals surface area contributed by atoms with Gasteiger partial charge in [0.05, 0.1) is 4.88 Å². The van der Waals surface area contributed by atoms with Crippen LogP contribution in [-0.4, -0.2) is 37.0 Å². The Labute approximate surface area is 122 Å². The maximum Gasteiger partial charge on any atom is 0.261 e. The summed E-state index contributed by atoms with van der Waals surface area (Å²) in [4.78, 5) is 24.2. The van der Waals surface area contributed by atoms with Crippen LogP contribution in [0.2, 0.25) is 0 Å². The van der Waals surface area contributed by atoms with Crippen molar-refractivity contribution in [2.24, 2.45) is 0 Å². The number of hydrogen-bond acceptors (Lipinski definition) is 4. The number of thiophene rings is 1. The van der Waals surface area contributed by atoms with Crippen molar-refractivity contribution >= 4 is 35.6 Å². The molecule has 0 aromatic carbocycles. The molecule has 19 heavy (non-hydrogen) atoms. The molecule has 1 aliphatic rings. The van der Waals surface area contributed by atoms with E-state index in [0.29, 0.717) is 4.88 Å². The summed E-state index contributed by atoms with van der Waals surface area (Å²) >= 11 is 1.36. The molecule has 1 saturated heterocycles. The van der Waals surface area contributed by atoms with E-state index in [4.69, 9.17) is 0 Å². The molecule has 1 fully saturated rings. The normalized spacial score (nSPS) is 19.3. The molecule has 2 unspecified atom stereocenters. The molecule has 1 aliphatic heterocycles. The zero-order valence-corrected chi connectivity index (χ0v) is 12.3. The Kier molecular flexibility index (Phi) is 6.27. The topological polar surface area (TPSA) is 70.2 Å². The van der Waals surface area contributed by atoms with Crippen LogP contribution < -0.4 is 16.0 Å². The predicted molar refractivity (Wildman–Crippen MR) is 77.9 cm³/mol. The molecule has 2 atom stereocenters. The first-order chi connectivity index (χ1) is 8.66.